The van der Waals surface area contributed by atoms with Crippen molar-refractivity contribution in [3.63, 3.8) is 0 Å². The van der Waals surface area contributed by atoms with E-state index >= 15 is 0 Å². The molecule has 1 aromatic heterocycles. The van der Waals surface area contributed by atoms with Crippen LogP contribution in [0.25, 0.3) is 11.1 Å². The van der Waals surface area contributed by atoms with Gasteiger partial charge in [-0.25, -0.2) is 4.79 Å². The summed E-state index contributed by atoms with van der Waals surface area (Å²) in [4.78, 5) is 36.6. The molecule has 3 aromatic rings. The van der Waals surface area contributed by atoms with E-state index in [1.54, 1.807) is 12.3 Å². The summed E-state index contributed by atoms with van der Waals surface area (Å²) in [7, 11) is 0. The maximum absolute atomic E-state index is 12.6. The lowest BCUT2D eigenvalue weighted by Gasteiger charge is -2.11. The molecule has 9 heteroatoms. The fourth-order valence-corrected chi connectivity index (χ4v) is 3.95. The van der Waals surface area contributed by atoms with E-state index in [-0.39, 0.29) is 23.5 Å². The standard InChI is InChI=1S/C22H19ClN2O5S/c1-2-29-22(28)19-16(13-6-4-3-5-7-13)12-31-21(19)25-18(26)11-30-17-10-14(23)8-9-15(17)20(24)27/h3-10,12H,2,11H2,1H3,(H2,24,27)(H,25,26). The van der Waals surface area contributed by atoms with E-state index in [9.17, 15) is 14.4 Å². The van der Waals surface area contributed by atoms with Crippen molar-refractivity contribution >= 4 is 45.7 Å². The van der Waals surface area contributed by atoms with Crippen molar-refractivity contribution in [3.8, 4) is 16.9 Å². The molecule has 31 heavy (non-hydrogen) atoms. The molecule has 3 N–H and O–H groups in total. The summed E-state index contributed by atoms with van der Waals surface area (Å²) in [6.07, 6.45) is 0. The number of halogens is 1. The van der Waals surface area contributed by atoms with Crippen LogP contribution in [0.2, 0.25) is 5.02 Å². The first-order chi connectivity index (χ1) is 14.9. The topological polar surface area (TPSA) is 108 Å². The molecule has 0 unspecified atom stereocenters. The van der Waals surface area contributed by atoms with Crippen LogP contribution in [0.4, 0.5) is 5.00 Å². The van der Waals surface area contributed by atoms with E-state index in [1.807, 2.05) is 30.3 Å². The Morgan fingerprint density at radius 1 is 1.13 bits per heavy atom. The predicted octanol–water partition coefficient (Wildman–Crippen LogP) is 4.36. The van der Waals surface area contributed by atoms with E-state index < -0.39 is 24.4 Å². The van der Waals surface area contributed by atoms with Gasteiger partial charge in [0.1, 0.15) is 16.3 Å². The Kier molecular flexibility index (Phi) is 7.28. The summed E-state index contributed by atoms with van der Waals surface area (Å²) >= 11 is 7.13. The van der Waals surface area contributed by atoms with E-state index in [1.165, 1.54) is 29.5 Å². The minimum atomic E-state index is -0.706. The molecule has 0 spiro atoms. The van der Waals surface area contributed by atoms with Crippen LogP contribution in [0.5, 0.6) is 5.75 Å². The number of carbonyl (C=O) groups excluding carboxylic acids is 3. The maximum atomic E-state index is 12.6. The molecular weight excluding hydrogens is 440 g/mol. The highest BCUT2D eigenvalue weighted by molar-refractivity contribution is 7.15. The Bertz CT molecular complexity index is 1110. The molecule has 3 rings (SSSR count). The van der Waals surface area contributed by atoms with Crippen molar-refractivity contribution < 1.29 is 23.9 Å². The van der Waals surface area contributed by atoms with Gasteiger partial charge in [0.15, 0.2) is 6.61 Å². The summed E-state index contributed by atoms with van der Waals surface area (Å²) in [5.41, 5.74) is 7.18. The number of thiophene rings is 1. The Hall–Kier alpha value is -3.36. The molecule has 0 atom stereocenters. The number of primary amides is 1. The second-order valence-electron chi connectivity index (χ2n) is 6.28. The lowest BCUT2D eigenvalue weighted by Crippen LogP contribution is -2.22. The van der Waals surface area contributed by atoms with Gasteiger partial charge in [0, 0.05) is 16.0 Å². The Morgan fingerprint density at radius 2 is 1.87 bits per heavy atom. The Morgan fingerprint density at radius 3 is 2.55 bits per heavy atom. The van der Waals surface area contributed by atoms with Crippen molar-refractivity contribution in [2.75, 3.05) is 18.5 Å². The second kappa shape index (κ2) is 10.1. The SMILES string of the molecule is CCOC(=O)c1c(-c2ccccc2)csc1NC(=O)COc1cc(Cl)ccc1C(N)=O. The maximum Gasteiger partial charge on any atom is 0.341 e. The lowest BCUT2D eigenvalue weighted by atomic mass is 10.0. The second-order valence-corrected chi connectivity index (χ2v) is 7.60. The molecule has 1 heterocycles. The predicted molar refractivity (Wildman–Crippen MR) is 120 cm³/mol. The number of anilines is 1. The van der Waals surface area contributed by atoms with Gasteiger partial charge in [-0.3, -0.25) is 9.59 Å². The molecule has 0 aliphatic heterocycles. The molecule has 0 aliphatic rings. The largest absolute Gasteiger partial charge is 0.483 e. The number of amides is 2. The molecule has 0 fully saturated rings. The van der Waals surface area contributed by atoms with Crippen molar-refractivity contribution in [2.24, 2.45) is 5.73 Å². The summed E-state index contributed by atoms with van der Waals surface area (Å²) in [6.45, 7) is 1.49. The van der Waals surface area contributed by atoms with Gasteiger partial charge in [-0.2, -0.15) is 0 Å². The first kappa shape index (κ1) is 22.3. The van der Waals surface area contributed by atoms with Crippen LogP contribution in [0.1, 0.15) is 27.6 Å². The van der Waals surface area contributed by atoms with E-state index in [2.05, 4.69) is 5.32 Å². The zero-order valence-corrected chi connectivity index (χ0v) is 18.1. The quantitative estimate of drug-likeness (QED) is 0.487. The zero-order chi connectivity index (χ0) is 22.4. The van der Waals surface area contributed by atoms with E-state index in [0.29, 0.717) is 15.6 Å². The normalized spacial score (nSPS) is 10.4. The summed E-state index contributed by atoms with van der Waals surface area (Å²) < 4.78 is 10.6. The van der Waals surface area contributed by atoms with Crippen molar-refractivity contribution in [1.29, 1.82) is 0 Å². The number of nitrogens with two attached hydrogens (primary N) is 1. The lowest BCUT2D eigenvalue weighted by molar-refractivity contribution is -0.118. The third-order valence-electron chi connectivity index (χ3n) is 4.18. The Labute approximate surface area is 187 Å². The van der Waals surface area contributed by atoms with Gasteiger partial charge in [-0.05, 0) is 30.7 Å². The molecule has 0 aliphatic carbocycles. The number of carbonyl (C=O) groups is 3. The molecule has 0 radical (unpaired) electrons. The van der Waals surface area contributed by atoms with Gasteiger partial charge in [-0.15, -0.1) is 11.3 Å². The highest BCUT2D eigenvalue weighted by Gasteiger charge is 2.23. The fourth-order valence-electron chi connectivity index (χ4n) is 2.81. The number of hydrogen-bond acceptors (Lipinski definition) is 6. The number of ether oxygens (including phenoxy) is 2. The van der Waals surface area contributed by atoms with Gasteiger partial charge in [0.05, 0.1) is 12.2 Å². The molecule has 0 bridgehead atoms. The van der Waals surface area contributed by atoms with Crippen LogP contribution in [0.15, 0.2) is 53.9 Å². The van der Waals surface area contributed by atoms with Crippen molar-refractivity contribution in [1.82, 2.24) is 0 Å². The first-order valence-corrected chi connectivity index (χ1v) is 10.5. The summed E-state index contributed by atoms with van der Waals surface area (Å²) in [5, 5.41) is 5.13. The van der Waals surface area contributed by atoms with Gasteiger partial charge in [-0.1, -0.05) is 41.9 Å². The molecule has 0 saturated carbocycles. The molecule has 0 saturated heterocycles. The number of rotatable bonds is 8. The highest BCUT2D eigenvalue weighted by Crippen LogP contribution is 2.36. The molecule has 2 aromatic carbocycles. The van der Waals surface area contributed by atoms with Crippen molar-refractivity contribution in [2.45, 2.75) is 6.92 Å². The van der Waals surface area contributed by atoms with Crippen LogP contribution in [-0.2, 0) is 9.53 Å². The average molecular weight is 459 g/mol. The number of hydrogen-bond donors (Lipinski definition) is 2. The third kappa shape index (κ3) is 5.42. The minimum Gasteiger partial charge on any atom is -0.483 e. The van der Waals surface area contributed by atoms with Crippen LogP contribution in [0, 0.1) is 0 Å². The molecule has 160 valence electrons. The van der Waals surface area contributed by atoms with Crippen LogP contribution in [0.3, 0.4) is 0 Å². The van der Waals surface area contributed by atoms with E-state index in [4.69, 9.17) is 26.8 Å². The van der Waals surface area contributed by atoms with Gasteiger partial charge in [0.25, 0.3) is 11.8 Å². The fraction of sp³-hybridized carbons (Fsp3) is 0.136. The Balaban J connectivity index is 1.80. The number of nitrogens with one attached hydrogen (secondary N) is 1. The smallest absolute Gasteiger partial charge is 0.341 e. The van der Waals surface area contributed by atoms with Gasteiger partial charge < -0.3 is 20.5 Å². The molecule has 7 nitrogen and oxygen atoms in total. The highest BCUT2D eigenvalue weighted by atomic mass is 35.5. The molecular formula is C22H19ClN2O5S. The number of esters is 1. The number of benzene rings is 2. The first-order valence-electron chi connectivity index (χ1n) is 9.26. The molecule has 2 amide bonds. The van der Waals surface area contributed by atoms with Gasteiger partial charge >= 0.3 is 5.97 Å². The monoisotopic (exact) mass is 458 g/mol. The average Bonchev–Trinajstić information content (AvgIpc) is 3.16. The van der Waals surface area contributed by atoms with Crippen LogP contribution in [-0.4, -0.2) is 31.0 Å². The third-order valence-corrected chi connectivity index (χ3v) is 5.31. The van der Waals surface area contributed by atoms with Crippen molar-refractivity contribution in [3.05, 3.63) is 70.1 Å². The zero-order valence-electron chi connectivity index (χ0n) is 16.5. The van der Waals surface area contributed by atoms with Crippen LogP contribution < -0.4 is 15.8 Å². The summed E-state index contributed by atoms with van der Waals surface area (Å²) in [5.74, 6) is -1.67. The van der Waals surface area contributed by atoms with Gasteiger partial charge in [0.2, 0.25) is 0 Å². The minimum absolute atomic E-state index is 0.0944. The van der Waals surface area contributed by atoms with E-state index in [0.717, 1.165) is 5.56 Å². The summed E-state index contributed by atoms with van der Waals surface area (Å²) in [6, 6.07) is 13.6. The van der Waals surface area contributed by atoms with Crippen LogP contribution >= 0.6 is 22.9 Å².